The van der Waals surface area contributed by atoms with Gasteiger partial charge in [0.2, 0.25) is 5.88 Å². The van der Waals surface area contributed by atoms with E-state index in [0.29, 0.717) is 34.5 Å². The molecule has 0 amide bonds. The highest BCUT2D eigenvalue weighted by atomic mass is 35.5. The largest absolute Gasteiger partial charge is 0.481 e. The maximum absolute atomic E-state index is 14.3. The molecule has 3 aromatic heterocycles. The van der Waals surface area contributed by atoms with Crippen molar-refractivity contribution in [2.75, 3.05) is 7.11 Å². The second-order valence-electron chi connectivity index (χ2n) is 6.83. The summed E-state index contributed by atoms with van der Waals surface area (Å²) < 4.78 is 21.2. The summed E-state index contributed by atoms with van der Waals surface area (Å²) in [5, 5.41) is 8.67. The molecule has 0 fully saturated rings. The highest BCUT2D eigenvalue weighted by Gasteiger charge is 2.21. The van der Waals surface area contributed by atoms with Gasteiger partial charge in [-0.3, -0.25) is 9.55 Å². The van der Waals surface area contributed by atoms with Gasteiger partial charge in [0.25, 0.3) is 0 Å². The van der Waals surface area contributed by atoms with Crippen LogP contribution in [-0.4, -0.2) is 42.5 Å². The van der Waals surface area contributed by atoms with Gasteiger partial charge < -0.3 is 4.74 Å². The van der Waals surface area contributed by atoms with Crippen molar-refractivity contribution < 1.29 is 9.13 Å². The van der Waals surface area contributed by atoms with Gasteiger partial charge in [-0.25, -0.2) is 14.4 Å². The van der Waals surface area contributed by atoms with E-state index in [4.69, 9.17) is 16.3 Å². The van der Waals surface area contributed by atoms with E-state index in [1.54, 1.807) is 43.9 Å². The fraction of sp³-hybridized carbons (Fsp3) is 0.190. The third-order valence-electron chi connectivity index (χ3n) is 4.52. The highest BCUT2D eigenvalue weighted by molar-refractivity contribution is 6.37. The van der Waals surface area contributed by atoms with Gasteiger partial charge in [-0.2, -0.15) is 0 Å². The number of pyridine rings is 1. The van der Waals surface area contributed by atoms with Crippen molar-refractivity contribution in [3.63, 3.8) is 0 Å². The number of ether oxygens (including phenoxy) is 1. The third-order valence-corrected chi connectivity index (χ3v) is 4.83. The second kappa shape index (κ2) is 7.79. The van der Waals surface area contributed by atoms with Gasteiger partial charge in [0.1, 0.15) is 17.2 Å². The molecule has 0 radical (unpaired) electrons. The van der Waals surface area contributed by atoms with Crippen molar-refractivity contribution in [1.82, 2.24) is 29.7 Å². The van der Waals surface area contributed by atoms with Crippen molar-refractivity contribution in [3.8, 4) is 23.1 Å². The molecule has 30 heavy (non-hydrogen) atoms. The van der Waals surface area contributed by atoms with Crippen LogP contribution in [0.15, 0.2) is 60.1 Å². The number of allylic oxidation sites excluding steroid dienone is 6. The lowest BCUT2D eigenvalue weighted by Crippen LogP contribution is -2.09. The molecule has 0 spiro atoms. The van der Waals surface area contributed by atoms with E-state index in [1.165, 1.54) is 19.1 Å². The Kier molecular flexibility index (Phi) is 5.17. The third kappa shape index (κ3) is 3.86. The van der Waals surface area contributed by atoms with Crippen LogP contribution in [0.2, 0.25) is 0 Å². The summed E-state index contributed by atoms with van der Waals surface area (Å²) in [5.41, 5.74) is 0.782. The molecule has 9 heteroatoms. The second-order valence-corrected chi connectivity index (χ2v) is 7.24. The molecule has 4 rings (SSSR count). The van der Waals surface area contributed by atoms with E-state index in [1.807, 2.05) is 17.6 Å². The molecule has 0 bridgehead atoms. The van der Waals surface area contributed by atoms with Gasteiger partial charge >= 0.3 is 0 Å². The van der Waals surface area contributed by atoms with Crippen LogP contribution in [0.1, 0.15) is 18.4 Å². The smallest absolute Gasteiger partial charge is 0.213 e. The summed E-state index contributed by atoms with van der Waals surface area (Å²) in [4.78, 5) is 13.2. The number of rotatable bonds is 4. The molecule has 0 aromatic carbocycles. The molecule has 0 saturated carbocycles. The maximum atomic E-state index is 14.3. The fourth-order valence-corrected chi connectivity index (χ4v) is 3.41. The lowest BCUT2D eigenvalue weighted by Gasteiger charge is -2.11. The zero-order valence-electron chi connectivity index (χ0n) is 16.5. The number of halogens is 2. The van der Waals surface area contributed by atoms with E-state index in [-0.39, 0.29) is 5.03 Å². The fourth-order valence-electron chi connectivity index (χ4n) is 3.04. The zero-order chi connectivity index (χ0) is 21.3. The number of hydrogen-bond donors (Lipinski definition) is 0. The van der Waals surface area contributed by atoms with Gasteiger partial charge in [0.15, 0.2) is 5.82 Å². The Hall–Kier alpha value is -3.39. The molecule has 152 valence electrons. The first kappa shape index (κ1) is 19.9. The van der Waals surface area contributed by atoms with E-state index in [9.17, 15) is 4.39 Å². The number of aromatic nitrogens is 6. The van der Waals surface area contributed by atoms with Gasteiger partial charge in [-0.1, -0.05) is 23.8 Å². The summed E-state index contributed by atoms with van der Waals surface area (Å²) in [7, 11) is 1.56. The lowest BCUT2D eigenvalue weighted by atomic mass is 10.1. The van der Waals surface area contributed by atoms with Crippen molar-refractivity contribution in [2.24, 2.45) is 0 Å². The summed E-state index contributed by atoms with van der Waals surface area (Å²) >= 11 is 6.30. The topological polar surface area (TPSA) is 78.6 Å². The van der Waals surface area contributed by atoms with E-state index >= 15 is 0 Å². The van der Waals surface area contributed by atoms with Crippen LogP contribution < -0.4 is 4.74 Å². The number of alkyl halides is 1. The Labute approximate surface area is 177 Å². The van der Waals surface area contributed by atoms with Crippen LogP contribution in [0.3, 0.4) is 0 Å². The molecule has 1 aliphatic rings. The van der Waals surface area contributed by atoms with Crippen molar-refractivity contribution in [2.45, 2.75) is 19.5 Å². The van der Waals surface area contributed by atoms with Crippen molar-refractivity contribution in [1.29, 1.82) is 0 Å². The van der Waals surface area contributed by atoms with Crippen LogP contribution >= 0.6 is 11.6 Å². The van der Waals surface area contributed by atoms with Gasteiger partial charge in [-0.15, -0.1) is 10.2 Å². The summed E-state index contributed by atoms with van der Waals surface area (Å²) in [5.74, 6) is 1.70. The normalized spacial score (nSPS) is 18.6. The van der Waals surface area contributed by atoms with Crippen molar-refractivity contribution >= 4 is 17.2 Å². The van der Waals surface area contributed by atoms with Crippen LogP contribution in [0.25, 0.3) is 22.8 Å². The number of hydrogen-bond acceptors (Lipinski definition) is 6. The minimum Gasteiger partial charge on any atom is -0.481 e. The minimum atomic E-state index is -1.62. The van der Waals surface area contributed by atoms with Gasteiger partial charge in [-0.05, 0) is 32.1 Å². The molecular weight excluding hydrogens is 407 g/mol. The first-order valence-corrected chi connectivity index (χ1v) is 9.48. The molecule has 3 aromatic rings. The number of methoxy groups -OCH3 is 1. The summed E-state index contributed by atoms with van der Waals surface area (Å²) in [6.07, 6.45) is 10.9. The molecule has 1 unspecified atom stereocenters. The molecular formula is C21H18ClFN6O. The van der Waals surface area contributed by atoms with Crippen LogP contribution in [-0.2, 0) is 0 Å². The van der Waals surface area contributed by atoms with E-state index < -0.39 is 5.67 Å². The quantitative estimate of drug-likeness (QED) is 0.623. The molecule has 0 N–H and O–H groups in total. The van der Waals surface area contributed by atoms with Crippen molar-refractivity contribution in [3.05, 3.63) is 71.6 Å². The molecule has 0 saturated heterocycles. The van der Waals surface area contributed by atoms with E-state index in [0.717, 1.165) is 5.69 Å². The Bertz CT molecular complexity index is 1160. The maximum Gasteiger partial charge on any atom is 0.213 e. The lowest BCUT2D eigenvalue weighted by molar-refractivity contribution is 0.328. The van der Waals surface area contributed by atoms with Crippen LogP contribution in [0.4, 0.5) is 4.39 Å². The predicted octanol–water partition coefficient (Wildman–Crippen LogP) is 4.24. The molecule has 1 aliphatic carbocycles. The Morgan fingerprint density at radius 2 is 1.83 bits per heavy atom. The SMILES string of the molecule is COc1ccc(-n2c(C)nnc2-c2cnc(C3=CC=CC(C)(F)C=C3Cl)cn2)cn1. The Morgan fingerprint density at radius 1 is 1.07 bits per heavy atom. The van der Waals surface area contributed by atoms with Crippen LogP contribution in [0, 0.1) is 6.92 Å². The molecule has 1 atom stereocenters. The van der Waals surface area contributed by atoms with Gasteiger partial charge in [0, 0.05) is 16.7 Å². The first-order valence-electron chi connectivity index (χ1n) is 9.10. The summed E-state index contributed by atoms with van der Waals surface area (Å²) in [6.45, 7) is 3.27. The van der Waals surface area contributed by atoms with Crippen LogP contribution in [0.5, 0.6) is 5.88 Å². The summed E-state index contributed by atoms with van der Waals surface area (Å²) in [6, 6.07) is 3.61. The Balaban J connectivity index is 1.69. The highest BCUT2D eigenvalue weighted by Crippen LogP contribution is 2.32. The molecule has 7 nitrogen and oxygen atoms in total. The standard InChI is InChI=1S/C21H18ClFN6O/c1-13-27-28-20(29(13)14-6-7-19(30-3)26-10-14)18-12-24-17(11-25-18)15-5-4-8-21(2,23)9-16(15)22/h4-12H,1-3H3. The Morgan fingerprint density at radius 3 is 2.50 bits per heavy atom. The van der Waals surface area contributed by atoms with E-state index in [2.05, 4.69) is 25.1 Å². The zero-order valence-corrected chi connectivity index (χ0v) is 17.3. The number of nitrogens with zero attached hydrogens (tertiary/aromatic N) is 6. The molecule has 3 heterocycles. The number of aryl methyl sites for hydroxylation is 1. The van der Waals surface area contributed by atoms with Gasteiger partial charge in [0.05, 0.1) is 37.1 Å². The minimum absolute atomic E-state index is 0.273. The predicted molar refractivity (Wildman–Crippen MR) is 112 cm³/mol. The average molecular weight is 425 g/mol. The first-order chi connectivity index (χ1) is 14.4. The molecule has 0 aliphatic heterocycles. The monoisotopic (exact) mass is 424 g/mol. The average Bonchev–Trinajstić information content (AvgIpc) is 3.05.